The summed E-state index contributed by atoms with van der Waals surface area (Å²) in [6.45, 7) is 0.692. The number of aliphatic hydroxyl groups is 1. The third kappa shape index (κ3) is 8.46. The smallest absolute Gasteiger partial charge is 0.351 e. The number of azide groups is 1. The van der Waals surface area contributed by atoms with E-state index in [-0.39, 0.29) is 12.2 Å². The molecule has 0 bridgehead atoms. The minimum absolute atomic E-state index is 0.0358. The molecule has 0 spiro atoms. The van der Waals surface area contributed by atoms with Crippen LogP contribution in [0.1, 0.15) is 68.4 Å². The lowest BCUT2D eigenvalue weighted by Crippen LogP contribution is -2.50. The molecule has 0 amide bonds. The van der Waals surface area contributed by atoms with Crippen LogP contribution in [0.3, 0.4) is 0 Å². The number of anilines is 1. The Hall–Kier alpha value is -5.43. The number of halogens is 1. The number of hydrogen-bond acceptors (Lipinski definition) is 10. The quantitative estimate of drug-likeness (QED) is 0.0278. The Bertz CT molecular complexity index is 1860. The van der Waals surface area contributed by atoms with Crippen LogP contribution in [0.15, 0.2) is 101 Å². The fourth-order valence-corrected chi connectivity index (χ4v) is 6.68. The highest BCUT2D eigenvalue weighted by Crippen LogP contribution is 2.43. The lowest BCUT2D eigenvalue weighted by atomic mass is 9.77. The predicted molar refractivity (Wildman–Crippen MR) is 197 cm³/mol. The molecule has 1 fully saturated rings. The first kappa shape index (κ1) is 38.8. The van der Waals surface area contributed by atoms with Gasteiger partial charge in [0.1, 0.15) is 28.5 Å². The molecule has 1 aliphatic rings. The van der Waals surface area contributed by atoms with Crippen LogP contribution >= 0.6 is 0 Å². The molecule has 1 aromatic heterocycles. The first-order valence-corrected chi connectivity index (χ1v) is 17.6. The largest absolute Gasteiger partial charge is 0.497 e. The van der Waals surface area contributed by atoms with E-state index in [1.165, 1.54) is 12.3 Å². The topological polar surface area (TPSA) is 170 Å². The van der Waals surface area contributed by atoms with Crippen molar-refractivity contribution in [2.75, 3.05) is 32.7 Å². The van der Waals surface area contributed by atoms with Crippen LogP contribution in [-0.2, 0) is 19.8 Å². The molecule has 14 heteroatoms. The van der Waals surface area contributed by atoms with Gasteiger partial charge in [-0.1, -0.05) is 92.3 Å². The predicted octanol–water partition coefficient (Wildman–Crippen LogP) is 6.85. The Kier molecular flexibility index (Phi) is 13.1. The Balaban J connectivity index is 1.52. The number of aromatic nitrogens is 2. The maximum Gasteiger partial charge on any atom is 0.351 e. The minimum Gasteiger partial charge on any atom is -0.497 e. The number of carbonyl (C=O) groups is 1. The van der Waals surface area contributed by atoms with Gasteiger partial charge >= 0.3 is 11.7 Å². The summed E-state index contributed by atoms with van der Waals surface area (Å²) >= 11 is 0. The molecule has 1 saturated heterocycles. The number of esters is 1. The second-order valence-electron chi connectivity index (χ2n) is 12.8. The van der Waals surface area contributed by atoms with Gasteiger partial charge in [-0.2, -0.15) is 4.98 Å². The number of aliphatic hydroxyl groups excluding tert-OH is 1. The maximum absolute atomic E-state index is 16.4. The van der Waals surface area contributed by atoms with Gasteiger partial charge in [0, 0.05) is 17.5 Å². The third-order valence-corrected chi connectivity index (χ3v) is 9.52. The fraction of sp³-hybridized carbons (Fsp3) is 0.410. The van der Waals surface area contributed by atoms with Crippen molar-refractivity contribution < 1.29 is 33.2 Å². The van der Waals surface area contributed by atoms with Gasteiger partial charge in [0.05, 0.1) is 27.4 Å². The lowest BCUT2D eigenvalue weighted by molar-refractivity contribution is -0.167. The molecule has 1 aliphatic heterocycles. The van der Waals surface area contributed by atoms with Crippen molar-refractivity contribution in [3.05, 3.63) is 129 Å². The van der Waals surface area contributed by atoms with Crippen LogP contribution in [0, 0.1) is 0 Å². The zero-order valence-corrected chi connectivity index (χ0v) is 30.1. The standard InChI is InChI=1S/C39H45FN6O7/c1-4-5-6-7-11-14-33(48)52-35-34(40)36(53-38(35,26-47)25-42-45-41)46-24-23-32(43-37(46)49)44-39(27-12-9-8-10-13-27,28-15-19-30(50-2)20-16-28)29-17-21-31(51-3)22-18-29/h8-10,12-13,15-24,34-36,47H,4-7,11,14,25-26H2,1-3H3,(H,43,44,49)/t34-,35+,36-,38-/m1/s1. The highest BCUT2D eigenvalue weighted by Gasteiger charge is 2.58. The highest BCUT2D eigenvalue weighted by atomic mass is 19.1. The van der Waals surface area contributed by atoms with Gasteiger partial charge in [-0.15, -0.1) is 0 Å². The molecule has 3 aromatic carbocycles. The molecule has 13 nitrogen and oxygen atoms in total. The zero-order valence-electron chi connectivity index (χ0n) is 30.1. The normalized spacial score (nSPS) is 19.6. The van der Waals surface area contributed by atoms with Gasteiger partial charge in [0.25, 0.3) is 0 Å². The van der Waals surface area contributed by atoms with Crippen molar-refractivity contribution in [2.24, 2.45) is 5.11 Å². The average Bonchev–Trinajstić information content (AvgIpc) is 3.46. The Morgan fingerprint density at radius 3 is 2.13 bits per heavy atom. The third-order valence-electron chi connectivity index (χ3n) is 9.52. The molecule has 0 radical (unpaired) electrons. The molecular weight excluding hydrogens is 683 g/mol. The van der Waals surface area contributed by atoms with Crippen molar-refractivity contribution in [1.29, 1.82) is 0 Å². The highest BCUT2D eigenvalue weighted by molar-refractivity contribution is 5.69. The molecule has 280 valence electrons. The number of nitrogens with zero attached hydrogens (tertiary/aromatic N) is 5. The number of methoxy groups -OCH3 is 2. The van der Waals surface area contributed by atoms with Gasteiger partial charge in [-0.25, -0.2) is 9.18 Å². The van der Waals surface area contributed by atoms with E-state index in [9.17, 15) is 14.7 Å². The van der Waals surface area contributed by atoms with Crippen LogP contribution in [0.2, 0.25) is 0 Å². The van der Waals surface area contributed by atoms with E-state index >= 15 is 4.39 Å². The van der Waals surface area contributed by atoms with E-state index in [1.54, 1.807) is 14.2 Å². The van der Waals surface area contributed by atoms with E-state index in [0.717, 1.165) is 46.9 Å². The van der Waals surface area contributed by atoms with Gasteiger partial charge in [-0.05, 0) is 59.0 Å². The van der Waals surface area contributed by atoms with Gasteiger partial charge in [0.15, 0.2) is 18.5 Å². The molecule has 0 aliphatic carbocycles. The fourth-order valence-electron chi connectivity index (χ4n) is 6.68. The molecule has 4 aromatic rings. The summed E-state index contributed by atoms with van der Waals surface area (Å²) in [4.78, 5) is 33.7. The molecule has 53 heavy (non-hydrogen) atoms. The van der Waals surface area contributed by atoms with Crippen molar-refractivity contribution in [2.45, 2.75) is 75.1 Å². The van der Waals surface area contributed by atoms with Gasteiger partial charge in [0.2, 0.25) is 0 Å². The van der Waals surface area contributed by atoms with E-state index in [2.05, 4.69) is 27.3 Å². The van der Waals surface area contributed by atoms with E-state index in [1.807, 2.05) is 78.9 Å². The summed E-state index contributed by atoms with van der Waals surface area (Å²) in [5, 5.41) is 17.4. The molecule has 0 unspecified atom stereocenters. The first-order valence-electron chi connectivity index (χ1n) is 17.6. The minimum atomic E-state index is -2.11. The van der Waals surface area contributed by atoms with Crippen LogP contribution in [0.4, 0.5) is 10.2 Å². The second kappa shape index (κ2) is 17.9. The van der Waals surface area contributed by atoms with Crippen molar-refractivity contribution in [3.8, 4) is 11.5 Å². The number of alkyl halides is 1. The monoisotopic (exact) mass is 728 g/mol. The summed E-state index contributed by atoms with van der Waals surface area (Å²) < 4.78 is 39.7. The lowest BCUT2D eigenvalue weighted by Gasteiger charge is -2.37. The van der Waals surface area contributed by atoms with Crippen LogP contribution in [-0.4, -0.2) is 65.9 Å². The van der Waals surface area contributed by atoms with Crippen molar-refractivity contribution >= 4 is 11.8 Å². The number of nitrogens with one attached hydrogen (secondary N) is 1. The first-order chi connectivity index (χ1) is 25.7. The number of rotatable bonds is 18. The van der Waals surface area contributed by atoms with Crippen LogP contribution in [0.5, 0.6) is 11.5 Å². The number of ether oxygens (including phenoxy) is 4. The number of unbranched alkanes of at least 4 members (excludes halogenated alkanes) is 4. The molecule has 2 heterocycles. The Morgan fingerprint density at radius 1 is 0.981 bits per heavy atom. The SMILES string of the molecule is CCCCCCCC(=O)O[C@H]1[C@@H](F)[C@H](n2ccc(NC(c3ccccc3)(c3ccc(OC)cc3)c3ccc(OC)cc3)nc2=O)O[C@@]1(CO)CN=[N+]=[N-]. The molecule has 2 N–H and O–H groups in total. The number of benzene rings is 3. The Morgan fingerprint density at radius 2 is 1.58 bits per heavy atom. The van der Waals surface area contributed by atoms with E-state index in [4.69, 9.17) is 24.5 Å². The van der Waals surface area contributed by atoms with Crippen molar-refractivity contribution in [1.82, 2.24) is 9.55 Å². The summed E-state index contributed by atoms with van der Waals surface area (Å²) in [5.41, 5.74) is 7.54. The second-order valence-corrected chi connectivity index (χ2v) is 12.8. The van der Waals surface area contributed by atoms with Gasteiger partial charge < -0.3 is 29.4 Å². The average molecular weight is 729 g/mol. The maximum atomic E-state index is 16.4. The van der Waals surface area contributed by atoms with Crippen molar-refractivity contribution in [3.63, 3.8) is 0 Å². The number of carbonyl (C=O) groups excluding carboxylic acids is 1. The van der Waals surface area contributed by atoms with Crippen LogP contribution in [0.25, 0.3) is 10.4 Å². The molecule has 4 atom stereocenters. The summed E-state index contributed by atoms with van der Waals surface area (Å²) in [5.74, 6) is 0.776. The van der Waals surface area contributed by atoms with Crippen LogP contribution < -0.4 is 20.5 Å². The molecular formula is C39H45FN6O7. The molecule has 0 saturated carbocycles. The zero-order chi connectivity index (χ0) is 37.8. The molecule has 5 rings (SSSR count). The number of hydrogen-bond donors (Lipinski definition) is 2. The summed E-state index contributed by atoms with van der Waals surface area (Å²) in [6.07, 6.45) is 0.305. The summed E-state index contributed by atoms with van der Waals surface area (Å²) in [6, 6.07) is 26.1. The summed E-state index contributed by atoms with van der Waals surface area (Å²) in [7, 11) is 3.17. The van der Waals surface area contributed by atoms with E-state index in [0.29, 0.717) is 17.9 Å². The Labute approximate surface area is 307 Å². The van der Waals surface area contributed by atoms with Gasteiger partial charge in [-0.3, -0.25) is 9.36 Å². The van der Waals surface area contributed by atoms with E-state index < -0.39 is 54.5 Å².